The smallest absolute Gasteiger partial charge is 0.307 e. The number of carboxylic acid groups (broad SMARTS) is 1. The number of ether oxygens (including phenoxy) is 1. The number of rotatable bonds is 10. The molecule has 1 aromatic carbocycles. The molecule has 0 aromatic heterocycles. The molecule has 0 fully saturated rings. The minimum atomic E-state index is -0.795. The number of aliphatic carboxylic acids is 1. The SMILES string of the molecule is CCCCCCCOCc1ccc(CC(=O)O)cc1. The molecule has 0 aliphatic rings. The fourth-order valence-corrected chi connectivity index (χ4v) is 1.93. The van der Waals surface area contributed by atoms with E-state index in [-0.39, 0.29) is 6.42 Å². The first-order valence-electron chi connectivity index (χ1n) is 7.09. The van der Waals surface area contributed by atoms with Gasteiger partial charge in [0.2, 0.25) is 0 Å². The Hall–Kier alpha value is -1.35. The Bertz CT molecular complexity index is 357. The largest absolute Gasteiger partial charge is 0.481 e. The summed E-state index contributed by atoms with van der Waals surface area (Å²) < 4.78 is 5.60. The van der Waals surface area contributed by atoms with Crippen LogP contribution in [0.5, 0.6) is 0 Å². The van der Waals surface area contributed by atoms with Crippen molar-refractivity contribution in [2.24, 2.45) is 0 Å². The second-order valence-electron chi connectivity index (χ2n) is 4.85. The summed E-state index contributed by atoms with van der Waals surface area (Å²) in [6.07, 6.45) is 6.32. The van der Waals surface area contributed by atoms with E-state index < -0.39 is 5.97 Å². The molecule has 3 nitrogen and oxygen atoms in total. The van der Waals surface area contributed by atoms with Gasteiger partial charge in [0.05, 0.1) is 13.0 Å². The highest BCUT2D eigenvalue weighted by Gasteiger charge is 2.00. The zero-order valence-electron chi connectivity index (χ0n) is 11.7. The van der Waals surface area contributed by atoms with Crippen molar-refractivity contribution in [1.82, 2.24) is 0 Å². The van der Waals surface area contributed by atoms with Crippen molar-refractivity contribution in [1.29, 1.82) is 0 Å². The third-order valence-corrected chi connectivity index (χ3v) is 3.04. The molecule has 0 bridgehead atoms. The van der Waals surface area contributed by atoms with Gasteiger partial charge in [0.1, 0.15) is 0 Å². The lowest BCUT2D eigenvalue weighted by Crippen LogP contribution is -2.00. The van der Waals surface area contributed by atoms with Gasteiger partial charge >= 0.3 is 5.97 Å². The average Bonchev–Trinajstić information content (AvgIpc) is 2.39. The number of hydrogen-bond acceptors (Lipinski definition) is 2. The first-order valence-corrected chi connectivity index (χ1v) is 7.09. The third-order valence-electron chi connectivity index (χ3n) is 3.04. The van der Waals surface area contributed by atoms with Crippen LogP contribution in [0.15, 0.2) is 24.3 Å². The minimum Gasteiger partial charge on any atom is -0.481 e. The van der Waals surface area contributed by atoms with Crippen LogP contribution >= 0.6 is 0 Å². The van der Waals surface area contributed by atoms with Crippen LogP contribution in [0, 0.1) is 0 Å². The van der Waals surface area contributed by atoms with Crippen molar-refractivity contribution in [2.45, 2.75) is 52.1 Å². The molecule has 106 valence electrons. The highest BCUT2D eigenvalue weighted by molar-refractivity contribution is 5.70. The molecule has 0 radical (unpaired) electrons. The van der Waals surface area contributed by atoms with Gasteiger partial charge in [0.25, 0.3) is 0 Å². The average molecular weight is 264 g/mol. The van der Waals surface area contributed by atoms with Crippen molar-refractivity contribution in [3.8, 4) is 0 Å². The van der Waals surface area contributed by atoms with E-state index >= 15 is 0 Å². The van der Waals surface area contributed by atoms with Gasteiger partial charge in [-0.15, -0.1) is 0 Å². The number of carbonyl (C=O) groups is 1. The first-order chi connectivity index (χ1) is 9.22. The zero-order valence-corrected chi connectivity index (χ0v) is 11.7. The van der Waals surface area contributed by atoms with Crippen LogP contribution < -0.4 is 0 Å². The number of unbranched alkanes of at least 4 members (excludes halogenated alkanes) is 4. The van der Waals surface area contributed by atoms with Crippen molar-refractivity contribution < 1.29 is 14.6 Å². The Balaban J connectivity index is 2.14. The summed E-state index contributed by atoms with van der Waals surface area (Å²) in [6, 6.07) is 7.59. The fourth-order valence-electron chi connectivity index (χ4n) is 1.93. The molecule has 1 aromatic rings. The molecule has 0 heterocycles. The normalized spacial score (nSPS) is 10.6. The maximum atomic E-state index is 10.5. The quantitative estimate of drug-likeness (QED) is 0.654. The summed E-state index contributed by atoms with van der Waals surface area (Å²) in [5.74, 6) is -0.795. The van der Waals surface area contributed by atoms with Gasteiger partial charge in [-0.25, -0.2) is 0 Å². The summed E-state index contributed by atoms with van der Waals surface area (Å²) in [7, 11) is 0. The number of hydrogen-bond donors (Lipinski definition) is 1. The van der Waals surface area contributed by atoms with Crippen molar-refractivity contribution in [2.75, 3.05) is 6.61 Å². The van der Waals surface area contributed by atoms with E-state index in [4.69, 9.17) is 9.84 Å². The van der Waals surface area contributed by atoms with Crippen molar-refractivity contribution in [3.05, 3.63) is 35.4 Å². The van der Waals surface area contributed by atoms with E-state index in [0.29, 0.717) is 6.61 Å². The molecule has 1 rings (SSSR count). The maximum absolute atomic E-state index is 10.5. The van der Waals surface area contributed by atoms with Gasteiger partial charge in [-0.05, 0) is 17.5 Å². The molecule has 19 heavy (non-hydrogen) atoms. The summed E-state index contributed by atoms with van der Waals surface area (Å²) >= 11 is 0. The Morgan fingerprint density at radius 3 is 2.32 bits per heavy atom. The van der Waals surface area contributed by atoms with Crippen LogP contribution in [-0.2, 0) is 22.6 Å². The predicted molar refractivity (Wildman–Crippen MR) is 76.2 cm³/mol. The van der Waals surface area contributed by atoms with Gasteiger partial charge in [-0.1, -0.05) is 56.9 Å². The van der Waals surface area contributed by atoms with Crippen LogP contribution in [0.25, 0.3) is 0 Å². The molecular weight excluding hydrogens is 240 g/mol. The van der Waals surface area contributed by atoms with E-state index in [9.17, 15) is 4.79 Å². The van der Waals surface area contributed by atoms with Crippen LogP contribution in [0.3, 0.4) is 0 Å². The standard InChI is InChI=1S/C16H24O3/c1-2-3-4-5-6-11-19-13-15-9-7-14(8-10-15)12-16(17)18/h7-10H,2-6,11-13H2,1H3,(H,17,18). The molecule has 0 atom stereocenters. The molecule has 0 saturated carbocycles. The maximum Gasteiger partial charge on any atom is 0.307 e. The third kappa shape index (κ3) is 7.62. The van der Waals surface area contributed by atoms with E-state index in [1.165, 1.54) is 25.7 Å². The van der Waals surface area contributed by atoms with Crippen LogP contribution in [0.4, 0.5) is 0 Å². The Kier molecular flexibility index (Phi) is 7.91. The molecule has 0 aliphatic carbocycles. The lowest BCUT2D eigenvalue weighted by molar-refractivity contribution is -0.136. The fraction of sp³-hybridized carbons (Fsp3) is 0.562. The Morgan fingerprint density at radius 2 is 1.68 bits per heavy atom. The van der Waals surface area contributed by atoms with Crippen LogP contribution in [0.2, 0.25) is 0 Å². The molecule has 0 aliphatic heterocycles. The van der Waals surface area contributed by atoms with Gasteiger partial charge in [0, 0.05) is 6.61 Å². The second kappa shape index (κ2) is 9.56. The van der Waals surface area contributed by atoms with Gasteiger partial charge in [-0.2, -0.15) is 0 Å². The number of carboxylic acids is 1. The van der Waals surface area contributed by atoms with Crippen molar-refractivity contribution in [3.63, 3.8) is 0 Å². The van der Waals surface area contributed by atoms with Gasteiger partial charge < -0.3 is 9.84 Å². The highest BCUT2D eigenvalue weighted by Crippen LogP contribution is 2.08. The Morgan fingerprint density at radius 1 is 1.05 bits per heavy atom. The monoisotopic (exact) mass is 264 g/mol. The summed E-state index contributed by atoms with van der Waals surface area (Å²) in [4.78, 5) is 10.5. The van der Waals surface area contributed by atoms with E-state index in [2.05, 4.69) is 6.92 Å². The lowest BCUT2D eigenvalue weighted by Gasteiger charge is -2.05. The van der Waals surface area contributed by atoms with Crippen molar-refractivity contribution >= 4 is 5.97 Å². The zero-order chi connectivity index (χ0) is 13.9. The molecule has 0 saturated heterocycles. The van der Waals surface area contributed by atoms with E-state index in [1.807, 2.05) is 24.3 Å². The molecule has 0 spiro atoms. The van der Waals surface area contributed by atoms with Crippen LogP contribution in [0.1, 0.15) is 50.2 Å². The minimum absolute atomic E-state index is 0.0819. The summed E-state index contributed by atoms with van der Waals surface area (Å²) in [6.45, 7) is 3.63. The Labute approximate surface area is 115 Å². The molecular formula is C16H24O3. The molecule has 0 unspecified atom stereocenters. The van der Waals surface area contributed by atoms with E-state index in [0.717, 1.165) is 24.2 Å². The molecule has 3 heteroatoms. The first kappa shape index (κ1) is 15.7. The van der Waals surface area contributed by atoms with E-state index in [1.54, 1.807) is 0 Å². The summed E-state index contributed by atoms with van der Waals surface area (Å²) in [5, 5.41) is 8.67. The molecule has 1 N–H and O–H groups in total. The topological polar surface area (TPSA) is 46.5 Å². The number of benzene rings is 1. The van der Waals surface area contributed by atoms with Crippen LogP contribution in [-0.4, -0.2) is 17.7 Å². The highest BCUT2D eigenvalue weighted by atomic mass is 16.5. The second-order valence-corrected chi connectivity index (χ2v) is 4.85. The summed E-state index contributed by atoms with van der Waals surface area (Å²) in [5.41, 5.74) is 1.93. The lowest BCUT2D eigenvalue weighted by atomic mass is 10.1. The molecule has 0 amide bonds. The van der Waals surface area contributed by atoms with Gasteiger partial charge in [-0.3, -0.25) is 4.79 Å². The van der Waals surface area contributed by atoms with Gasteiger partial charge in [0.15, 0.2) is 0 Å². The predicted octanol–water partition coefficient (Wildman–Crippen LogP) is 3.80.